The topological polar surface area (TPSA) is 33.1 Å². The van der Waals surface area contributed by atoms with Crippen molar-refractivity contribution in [2.45, 2.75) is 6.42 Å². The highest BCUT2D eigenvalue weighted by atomic mass is 15.3. The summed E-state index contributed by atoms with van der Waals surface area (Å²) < 4.78 is 1.92. The number of nitrogens with one attached hydrogen (secondary N) is 1. The molecule has 0 atom stereocenters. The van der Waals surface area contributed by atoms with Gasteiger partial charge in [0, 0.05) is 45.0 Å². The summed E-state index contributed by atoms with van der Waals surface area (Å²) >= 11 is 0. The maximum absolute atomic E-state index is 4.12. The van der Waals surface area contributed by atoms with Gasteiger partial charge in [-0.05, 0) is 20.2 Å². The molecule has 0 unspecified atom stereocenters. The van der Waals surface area contributed by atoms with Gasteiger partial charge in [0.1, 0.15) is 0 Å². The van der Waals surface area contributed by atoms with E-state index >= 15 is 0 Å². The fourth-order valence-corrected chi connectivity index (χ4v) is 1.29. The predicted octanol–water partition coefficient (Wildman–Crippen LogP) is 0.114. The first-order valence-corrected chi connectivity index (χ1v) is 5.02. The molecule has 0 bridgehead atoms. The van der Waals surface area contributed by atoms with Crippen LogP contribution in [0.25, 0.3) is 0 Å². The van der Waals surface area contributed by atoms with E-state index in [0.29, 0.717) is 0 Å². The first-order valence-electron chi connectivity index (χ1n) is 5.02. The molecule has 1 rings (SSSR count). The third-order valence-electron chi connectivity index (χ3n) is 2.22. The molecule has 4 heteroatoms. The molecule has 1 aromatic heterocycles. The van der Waals surface area contributed by atoms with E-state index in [4.69, 9.17) is 0 Å². The number of hydrogen-bond acceptors (Lipinski definition) is 3. The van der Waals surface area contributed by atoms with E-state index in [-0.39, 0.29) is 0 Å². The van der Waals surface area contributed by atoms with Crippen LogP contribution in [0.4, 0.5) is 0 Å². The van der Waals surface area contributed by atoms with Crippen molar-refractivity contribution in [1.82, 2.24) is 20.0 Å². The molecule has 4 nitrogen and oxygen atoms in total. The second kappa shape index (κ2) is 5.78. The maximum Gasteiger partial charge on any atom is 0.0492 e. The van der Waals surface area contributed by atoms with Crippen molar-refractivity contribution >= 4 is 0 Å². The molecule has 0 fully saturated rings. The fourth-order valence-electron chi connectivity index (χ4n) is 1.29. The lowest BCUT2D eigenvalue weighted by Gasteiger charge is -2.10. The highest BCUT2D eigenvalue weighted by Crippen LogP contribution is 1.95. The zero-order valence-corrected chi connectivity index (χ0v) is 9.32. The molecule has 1 N–H and O–H groups in total. The lowest BCUT2D eigenvalue weighted by atomic mass is 10.3. The van der Waals surface area contributed by atoms with Crippen LogP contribution in [0.5, 0.6) is 0 Å². The normalized spacial score (nSPS) is 11.1. The molecular weight excluding hydrogens is 176 g/mol. The Morgan fingerprint density at radius 3 is 2.79 bits per heavy atom. The Morgan fingerprint density at radius 2 is 2.21 bits per heavy atom. The average Bonchev–Trinajstić information content (AvgIpc) is 2.51. The summed E-state index contributed by atoms with van der Waals surface area (Å²) in [5.74, 6) is 0. The summed E-state index contributed by atoms with van der Waals surface area (Å²) in [7, 11) is 6.15. The van der Waals surface area contributed by atoms with Crippen LogP contribution in [0.2, 0.25) is 0 Å². The van der Waals surface area contributed by atoms with Gasteiger partial charge in [-0.3, -0.25) is 4.68 Å². The molecule has 0 aromatic carbocycles. The largest absolute Gasteiger partial charge is 0.315 e. The van der Waals surface area contributed by atoms with Gasteiger partial charge in [-0.1, -0.05) is 0 Å². The number of hydrogen-bond donors (Lipinski definition) is 1. The number of aromatic nitrogens is 2. The molecular formula is C10H20N4. The molecule has 0 amide bonds. The van der Waals surface area contributed by atoms with Crippen LogP contribution in [0.15, 0.2) is 12.3 Å². The Labute approximate surface area is 85.9 Å². The number of likely N-dealkylation sites (N-methyl/N-ethyl adjacent to an activating group) is 1. The molecule has 80 valence electrons. The zero-order chi connectivity index (χ0) is 10.4. The third-order valence-corrected chi connectivity index (χ3v) is 2.22. The number of rotatable bonds is 6. The second-order valence-corrected chi connectivity index (χ2v) is 3.75. The highest BCUT2D eigenvalue weighted by Gasteiger charge is 1.97. The molecule has 0 aliphatic rings. The van der Waals surface area contributed by atoms with E-state index in [1.54, 1.807) is 0 Å². The first-order chi connectivity index (χ1) is 6.70. The summed E-state index contributed by atoms with van der Waals surface area (Å²) in [6.45, 7) is 3.16. The van der Waals surface area contributed by atoms with E-state index in [0.717, 1.165) is 26.1 Å². The van der Waals surface area contributed by atoms with Gasteiger partial charge in [0.2, 0.25) is 0 Å². The van der Waals surface area contributed by atoms with Gasteiger partial charge in [0.05, 0.1) is 0 Å². The number of nitrogens with zero attached hydrogens (tertiary/aromatic N) is 3. The monoisotopic (exact) mass is 196 g/mol. The van der Waals surface area contributed by atoms with Crippen LogP contribution in [-0.2, 0) is 13.5 Å². The second-order valence-electron chi connectivity index (χ2n) is 3.75. The van der Waals surface area contributed by atoms with Gasteiger partial charge in [-0.25, -0.2) is 0 Å². The van der Waals surface area contributed by atoms with Crippen LogP contribution < -0.4 is 5.32 Å². The van der Waals surface area contributed by atoms with E-state index < -0.39 is 0 Å². The van der Waals surface area contributed by atoms with E-state index in [2.05, 4.69) is 35.5 Å². The van der Waals surface area contributed by atoms with Crippen LogP contribution in [0, 0.1) is 0 Å². The SMILES string of the molecule is CN(C)CCNCCc1ccnn1C. The summed E-state index contributed by atoms with van der Waals surface area (Å²) in [4.78, 5) is 2.18. The quantitative estimate of drug-likeness (QED) is 0.656. The molecule has 14 heavy (non-hydrogen) atoms. The standard InChI is InChI=1S/C10H20N4/c1-13(2)9-8-11-6-4-10-5-7-12-14(10)3/h5,7,11H,4,6,8-9H2,1-3H3. The van der Waals surface area contributed by atoms with Crippen molar-refractivity contribution < 1.29 is 0 Å². The molecule has 0 saturated heterocycles. The van der Waals surface area contributed by atoms with Crippen molar-refractivity contribution in [3.8, 4) is 0 Å². The Bertz CT molecular complexity index is 254. The van der Waals surface area contributed by atoms with E-state index in [9.17, 15) is 0 Å². The minimum absolute atomic E-state index is 1.02. The first kappa shape index (κ1) is 11.2. The summed E-state index contributed by atoms with van der Waals surface area (Å²) in [5, 5.41) is 7.52. The fraction of sp³-hybridized carbons (Fsp3) is 0.700. The van der Waals surface area contributed by atoms with Crippen molar-refractivity contribution in [1.29, 1.82) is 0 Å². The molecule has 0 aliphatic carbocycles. The van der Waals surface area contributed by atoms with Gasteiger partial charge < -0.3 is 10.2 Å². The van der Waals surface area contributed by atoms with Gasteiger partial charge in [0.25, 0.3) is 0 Å². The highest BCUT2D eigenvalue weighted by molar-refractivity contribution is 5.00. The van der Waals surface area contributed by atoms with E-state index in [1.165, 1.54) is 5.69 Å². The lowest BCUT2D eigenvalue weighted by molar-refractivity contribution is 0.400. The average molecular weight is 196 g/mol. The van der Waals surface area contributed by atoms with Gasteiger partial charge in [0.15, 0.2) is 0 Å². The molecule has 1 aromatic rings. The van der Waals surface area contributed by atoms with Crippen molar-refractivity contribution in [2.24, 2.45) is 7.05 Å². The molecule has 0 saturated carbocycles. The lowest BCUT2D eigenvalue weighted by Crippen LogP contribution is -2.28. The van der Waals surface area contributed by atoms with Gasteiger partial charge in [-0.15, -0.1) is 0 Å². The molecule has 0 aliphatic heterocycles. The Balaban J connectivity index is 2.08. The van der Waals surface area contributed by atoms with Crippen LogP contribution >= 0.6 is 0 Å². The van der Waals surface area contributed by atoms with Crippen LogP contribution in [0.3, 0.4) is 0 Å². The van der Waals surface area contributed by atoms with Gasteiger partial charge >= 0.3 is 0 Å². The number of aryl methyl sites for hydroxylation is 1. The smallest absolute Gasteiger partial charge is 0.0492 e. The summed E-state index contributed by atoms with van der Waals surface area (Å²) in [5.41, 5.74) is 1.28. The van der Waals surface area contributed by atoms with Crippen LogP contribution in [-0.4, -0.2) is 48.4 Å². The van der Waals surface area contributed by atoms with E-state index in [1.807, 2.05) is 17.9 Å². The Kier molecular flexibility index (Phi) is 4.62. The minimum Gasteiger partial charge on any atom is -0.315 e. The van der Waals surface area contributed by atoms with Crippen LogP contribution in [0.1, 0.15) is 5.69 Å². The summed E-state index contributed by atoms with van der Waals surface area (Å²) in [6.07, 6.45) is 2.89. The Hall–Kier alpha value is -0.870. The third kappa shape index (κ3) is 3.89. The van der Waals surface area contributed by atoms with Crippen molar-refractivity contribution in [3.63, 3.8) is 0 Å². The van der Waals surface area contributed by atoms with Gasteiger partial charge in [-0.2, -0.15) is 5.10 Å². The molecule has 0 radical (unpaired) electrons. The van der Waals surface area contributed by atoms with Crippen molar-refractivity contribution in [3.05, 3.63) is 18.0 Å². The summed E-state index contributed by atoms with van der Waals surface area (Å²) in [6, 6.07) is 2.06. The predicted molar refractivity (Wildman–Crippen MR) is 58.3 cm³/mol. The minimum atomic E-state index is 1.02. The Morgan fingerprint density at radius 1 is 1.43 bits per heavy atom. The van der Waals surface area contributed by atoms with Crippen molar-refractivity contribution in [2.75, 3.05) is 33.7 Å². The molecule has 1 heterocycles. The zero-order valence-electron chi connectivity index (χ0n) is 9.32. The molecule has 0 spiro atoms. The maximum atomic E-state index is 4.12.